The van der Waals surface area contributed by atoms with E-state index in [2.05, 4.69) is 21.9 Å². The fourth-order valence-corrected chi connectivity index (χ4v) is 4.25. The van der Waals surface area contributed by atoms with Crippen LogP contribution in [-0.4, -0.2) is 32.8 Å². The van der Waals surface area contributed by atoms with Crippen molar-refractivity contribution in [3.63, 3.8) is 0 Å². The van der Waals surface area contributed by atoms with Gasteiger partial charge >= 0.3 is 0 Å². The van der Waals surface area contributed by atoms with Crippen molar-refractivity contribution in [2.75, 3.05) is 11.9 Å². The Hall–Kier alpha value is -2.49. The van der Waals surface area contributed by atoms with Gasteiger partial charge in [0.05, 0.1) is 10.6 Å². The maximum absolute atomic E-state index is 12.7. The molecule has 2 rings (SSSR count). The molecule has 0 fully saturated rings. The van der Waals surface area contributed by atoms with Crippen LogP contribution in [0.3, 0.4) is 0 Å². The van der Waals surface area contributed by atoms with Crippen LogP contribution in [-0.2, 0) is 20.6 Å². The number of sulfonamides is 1. The van der Waals surface area contributed by atoms with Crippen LogP contribution in [0.15, 0.2) is 54.4 Å². The summed E-state index contributed by atoms with van der Waals surface area (Å²) in [5.41, 5.74) is 1.11. The first-order chi connectivity index (χ1) is 13.7. The largest absolute Gasteiger partial charge is 0.339 e. The number of hydrogen-bond donors (Lipinski definition) is 3. The first-order valence-electron chi connectivity index (χ1n) is 9.04. The van der Waals surface area contributed by atoms with Gasteiger partial charge in [0.2, 0.25) is 15.9 Å². The normalized spacial score (nSPS) is 12.4. The Labute approximate surface area is 175 Å². The summed E-state index contributed by atoms with van der Waals surface area (Å²) in [5.74, 6) is -0.904. The average molecular weight is 436 g/mol. The molecule has 0 aliphatic rings. The second-order valence-electron chi connectivity index (χ2n) is 6.75. The van der Waals surface area contributed by atoms with Gasteiger partial charge in [-0.15, -0.1) is 17.9 Å². The van der Waals surface area contributed by atoms with E-state index in [1.807, 2.05) is 13.8 Å². The lowest BCUT2D eigenvalue weighted by atomic mass is 10.0. The number of nitrogens with one attached hydrogen (secondary N) is 3. The summed E-state index contributed by atoms with van der Waals surface area (Å²) in [5, 5.41) is 7.33. The zero-order valence-electron chi connectivity index (χ0n) is 16.3. The second-order valence-corrected chi connectivity index (χ2v) is 9.51. The molecule has 2 aromatic rings. The van der Waals surface area contributed by atoms with E-state index in [1.54, 1.807) is 41.8 Å². The van der Waals surface area contributed by atoms with Crippen molar-refractivity contribution in [3.8, 4) is 0 Å². The van der Waals surface area contributed by atoms with E-state index >= 15 is 0 Å². The summed E-state index contributed by atoms with van der Waals surface area (Å²) in [6.45, 7) is 7.35. The van der Waals surface area contributed by atoms with Crippen LogP contribution in [0.25, 0.3) is 0 Å². The lowest BCUT2D eigenvalue weighted by Crippen LogP contribution is -2.46. The first-order valence-corrected chi connectivity index (χ1v) is 11.6. The quantitative estimate of drug-likeness (QED) is 0.499. The molecule has 1 aromatic carbocycles. The van der Waals surface area contributed by atoms with Gasteiger partial charge in [0.15, 0.2) is 0 Å². The summed E-state index contributed by atoms with van der Waals surface area (Å²) < 4.78 is 26.2. The fourth-order valence-electron chi connectivity index (χ4n) is 2.52. The predicted molar refractivity (Wildman–Crippen MR) is 116 cm³/mol. The number of amides is 2. The molecule has 0 saturated heterocycles. The molecular formula is C20H25N3O4S2. The molecule has 1 aromatic heterocycles. The molecule has 2 amide bonds. The first kappa shape index (κ1) is 22.8. The zero-order valence-corrected chi connectivity index (χ0v) is 18.0. The molecule has 29 heavy (non-hydrogen) atoms. The lowest BCUT2D eigenvalue weighted by Gasteiger charge is -2.21. The number of anilines is 1. The van der Waals surface area contributed by atoms with Crippen molar-refractivity contribution in [1.82, 2.24) is 10.0 Å². The predicted octanol–water partition coefficient (Wildman–Crippen LogP) is 2.75. The molecule has 0 aliphatic heterocycles. The van der Waals surface area contributed by atoms with Crippen molar-refractivity contribution in [2.24, 2.45) is 5.92 Å². The Morgan fingerprint density at radius 1 is 1.17 bits per heavy atom. The number of carbonyl (C=O) groups is 2. The van der Waals surface area contributed by atoms with Crippen molar-refractivity contribution >= 4 is 38.9 Å². The van der Waals surface area contributed by atoms with E-state index in [0.29, 0.717) is 16.1 Å². The molecule has 9 heteroatoms. The van der Waals surface area contributed by atoms with E-state index in [0.717, 1.165) is 0 Å². The standard InChI is InChI=1S/C20H25N3O4S2/c1-4-11-21-29(26,27)13-15-7-9-16(10-8-15)22-20(25)18(14(2)3)23-19(24)17-6-5-12-28-17/h4-10,12,14,18,21H,1,11,13H2,2-3H3,(H,22,25)(H,23,24). The minimum atomic E-state index is -3.45. The molecule has 7 nitrogen and oxygen atoms in total. The van der Waals surface area contributed by atoms with Crippen molar-refractivity contribution in [1.29, 1.82) is 0 Å². The van der Waals surface area contributed by atoms with Gasteiger partial charge in [-0.3, -0.25) is 9.59 Å². The van der Waals surface area contributed by atoms with E-state index in [9.17, 15) is 18.0 Å². The van der Waals surface area contributed by atoms with Gasteiger partial charge in [-0.05, 0) is 35.1 Å². The summed E-state index contributed by atoms with van der Waals surface area (Å²) in [6, 6.07) is 9.32. The highest BCUT2D eigenvalue weighted by Crippen LogP contribution is 2.15. The third-order valence-electron chi connectivity index (χ3n) is 4.01. The summed E-state index contributed by atoms with van der Waals surface area (Å²) >= 11 is 1.31. The molecule has 156 valence electrons. The highest BCUT2D eigenvalue weighted by Gasteiger charge is 2.25. The van der Waals surface area contributed by atoms with E-state index in [-0.39, 0.29) is 30.0 Å². The zero-order chi connectivity index (χ0) is 21.4. The fraction of sp³-hybridized carbons (Fsp3) is 0.300. The van der Waals surface area contributed by atoms with Gasteiger partial charge in [-0.1, -0.05) is 38.1 Å². The third kappa shape index (κ3) is 7.12. The molecule has 1 atom stereocenters. The van der Waals surface area contributed by atoms with Crippen LogP contribution in [0.1, 0.15) is 29.1 Å². The maximum atomic E-state index is 12.7. The summed E-state index contributed by atoms with van der Waals surface area (Å²) in [4.78, 5) is 25.5. The number of carbonyl (C=O) groups excluding carboxylic acids is 2. The molecule has 3 N–H and O–H groups in total. The minimum absolute atomic E-state index is 0.112. The van der Waals surface area contributed by atoms with E-state index < -0.39 is 16.1 Å². The molecule has 1 heterocycles. The van der Waals surface area contributed by atoms with Gasteiger partial charge in [0.25, 0.3) is 5.91 Å². The van der Waals surface area contributed by atoms with Crippen LogP contribution in [0, 0.1) is 5.92 Å². The Morgan fingerprint density at radius 2 is 1.86 bits per heavy atom. The Morgan fingerprint density at radius 3 is 2.41 bits per heavy atom. The smallest absolute Gasteiger partial charge is 0.262 e. The molecule has 0 spiro atoms. The summed E-state index contributed by atoms with van der Waals surface area (Å²) in [6.07, 6.45) is 1.47. The van der Waals surface area contributed by atoms with Gasteiger partial charge in [-0.25, -0.2) is 13.1 Å². The molecule has 1 unspecified atom stereocenters. The minimum Gasteiger partial charge on any atom is -0.339 e. The third-order valence-corrected chi connectivity index (χ3v) is 6.19. The van der Waals surface area contributed by atoms with Gasteiger partial charge in [-0.2, -0.15) is 0 Å². The SMILES string of the molecule is C=CCNS(=O)(=O)Cc1ccc(NC(=O)C(NC(=O)c2cccs2)C(C)C)cc1. The Kier molecular flexibility index (Phi) is 8.12. The van der Waals surface area contributed by atoms with Gasteiger partial charge in [0, 0.05) is 12.2 Å². The number of rotatable bonds is 10. The van der Waals surface area contributed by atoms with Crippen molar-refractivity contribution < 1.29 is 18.0 Å². The Bertz CT molecular complexity index is 937. The van der Waals surface area contributed by atoms with Crippen LogP contribution < -0.4 is 15.4 Å². The average Bonchev–Trinajstić information content (AvgIpc) is 3.20. The molecule has 0 aliphatic carbocycles. The van der Waals surface area contributed by atoms with Crippen LogP contribution >= 0.6 is 11.3 Å². The topological polar surface area (TPSA) is 104 Å². The van der Waals surface area contributed by atoms with Gasteiger partial charge in [0.1, 0.15) is 6.04 Å². The number of hydrogen-bond acceptors (Lipinski definition) is 5. The Balaban J connectivity index is 2.00. The van der Waals surface area contributed by atoms with Crippen LogP contribution in [0.4, 0.5) is 5.69 Å². The molecule has 0 saturated carbocycles. The van der Waals surface area contributed by atoms with Crippen molar-refractivity contribution in [2.45, 2.75) is 25.6 Å². The van der Waals surface area contributed by atoms with Crippen LogP contribution in [0.5, 0.6) is 0 Å². The van der Waals surface area contributed by atoms with Crippen LogP contribution in [0.2, 0.25) is 0 Å². The second kappa shape index (κ2) is 10.3. The van der Waals surface area contributed by atoms with E-state index in [4.69, 9.17) is 0 Å². The highest BCUT2D eigenvalue weighted by molar-refractivity contribution is 7.88. The highest BCUT2D eigenvalue weighted by atomic mass is 32.2. The van der Waals surface area contributed by atoms with Gasteiger partial charge < -0.3 is 10.6 Å². The number of benzene rings is 1. The summed E-state index contributed by atoms with van der Waals surface area (Å²) in [7, 11) is -3.45. The lowest BCUT2D eigenvalue weighted by molar-refractivity contribution is -0.118. The maximum Gasteiger partial charge on any atom is 0.262 e. The monoisotopic (exact) mass is 435 g/mol. The van der Waals surface area contributed by atoms with Crippen molar-refractivity contribution in [3.05, 3.63) is 64.9 Å². The molecule has 0 bridgehead atoms. The molecular weight excluding hydrogens is 410 g/mol. The number of thiophene rings is 1. The molecule has 0 radical (unpaired) electrons. The van der Waals surface area contributed by atoms with E-state index in [1.165, 1.54) is 17.4 Å².